The summed E-state index contributed by atoms with van der Waals surface area (Å²) >= 11 is 0. The average molecular weight is 115 g/mol. The van der Waals surface area contributed by atoms with Gasteiger partial charge in [-0.3, -0.25) is 0 Å². The molecule has 0 aromatic rings. The second kappa shape index (κ2) is 3.87. The molecule has 2 N–H and O–H groups in total. The minimum atomic E-state index is 0.375. The topological polar surface area (TPSA) is 29.3 Å². The van der Waals surface area contributed by atoms with Gasteiger partial charge in [-0.15, -0.1) is 0 Å². The van der Waals surface area contributed by atoms with Crippen LogP contribution in [0, 0.1) is 6.92 Å². The summed E-state index contributed by atoms with van der Waals surface area (Å²) in [5, 5.41) is 0. The van der Waals surface area contributed by atoms with Gasteiger partial charge in [0.1, 0.15) is 0 Å². The quantitative estimate of drug-likeness (QED) is 0.565. The van der Waals surface area contributed by atoms with E-state index in [9.17, 15) is 0 Å². The van der Waals surface area contributed by atoms with Crippen molar-refractivity contribution in [2.45, 2.75) is 12.5 Å². The van der Waals surface area contributed by atoms with Crippen molar-refractivity contribution in [3.8, 4) is 0 Å². The highest BCUT2D eigenvalue weighted by molar-refractivity contribution is 4.67. The molecule has 0 fully saturated rings. The molecule has 0 aliphatic heterocycles. The van der Waals surface area contributed by atoms with E-state index in [0.717, 1.165) is 13.0 Å². The summed E-state index contributed by atoms with van der Waals surface area (Å²) in [6, 6.07) is 0.375. The van der Waals surface area contributed by atoms with E-state index in [1.54, 1.807) is 0 Å². The molecule has 2 nitrogen and oxygen atoms in total. The Hall–Kier alpha value is -0.0800. The van der Waals surface area contributed by atoms with E-state index in [1.807, 2.05) is 14.1 Å². The molecule has 0 saturated carbocycles. The van der Waals surface area contributed by atoms with Crippen LogP contribution in [-0.2, 0) is 0 Å². The summed E-state index contributed by atoms with van der Waals surface area (Å²) in [6.07, 6.45) is 0.979. The van der Waals surface area contributed by atoms with Crippen LogP contribution < -0.4 is 5.73 Å². The minimum absolute atomic E-state index is 0.375. The Morgan fingerprint density at radius 1 is 1.62 bits per heavy atom. The van der Waals surface area contributed by atoms with Crippen molar-refractivity contribution in [3.63, 3.8) is 0 Å². The standard InChI is InChI=1S/C6H15N2/c1-6(4-5-7)8(2)3/h6H,1,4-5,7H2,2-3H3. The summed E-state index contributed by atoms with van der Waals surface area (Å²) < 4.78 is 0. The summed E-state index contributed by atoms with van der Waals surface area (Å²) in [5.74, 6) is 0. The number of rotatable bonds is 3. The molecule has 0 aromatic heterocycles. The van der Waals surface area contributed by atoms with Gasteiger partial charge in [0, 0.05) is 6.04 Å². The van der Waals surface area contributed by atoms with Crippen LogP contribution >= 0.6 is 0 Å². The Bertz CT molecular complexity index is 52.5. The zero-order valence-corrected chi connectivity index (χ0v) is 5.72. The van der Waals surface area contributed by atoms with Gasteiger partial charge in [-0.2, -0.15) is 0 Å². The fraction of sp³-hybridized carbons (Fsp3) is 0.833. The maximum absolute atomic E-state index is 5.30. The fourth-order valence-corrected chi connectivity index (χ4v) is 0.451. The number of nitrogens with zero attached hydrogens (tertiary/aromatic N) is 1. The molecular weight excluding hydrogens is 100 g/mol. The Morgan fingerprint density at radius 2 is 2.12 bits per heavy atom. The van der Waals surface area contributed by atoms with E-state index in [0.29, 0.717) is 6.04 Å². The molecule has 0 rings (SSSR count). The maximum Gasteiger partial charge on any atom is 0.0102 e. The van der Waals surface area contributed by atoms with Gasteiger partial charge in [-0.25, -0.2) is 0 Å². The fourth-order valence-electron chi connectivity index (χ4n) is 0.451. The van der Waals surface area contributed by atoms with Crippen molar-refractivity contribution in [2.24, 2.45) is 5.73 Å². The van der Waals surface area contributed by atoms with Gasteiger partial charge in [0.25, 0.3) is 0 Å². The van der Waals surface area contributed by atoms with Crippen molar-refractivity contribution in [1.29, 1.82) is 0 Å². The molecule has 0 spiro atoms. The van der Waals surface area contributed by atoms with Crippen LogP contribution in [0.15, 0.2) is 0 Å². The lowest BCUT2D eigenvalue weighted by Crippen LogP contribution is -2.27. The van der Waals surface area contributed by atoms with Crippen molar-refractivity contribution in [1.82, 2.24) is 4.90 Å². The summed E-state index contributed by atoms with van der Waals surface area (Å²) in [6.45, 7) is 4.60. The monoisotopic (exact) mass is 115 g/mol. The third-order valence-corrected chi connectivity index (χ3v) is 1.23. The van der Waals surface area contributed by atoms with Crippen molar-refractivity contribution < 1.29 is 0 Å². The van der Waals surface area contributed by atoms with Gasteiger partial charge >= 0.3 is 0 Å². The van der Waals surface area contributed by atoms with E-state index < -0.39 is 0 Å². The normalized spacial score (nSPS) is 14.6. The highest BCUT2D eigenvalue weighted by Crippen LogP contribution is 1.93. The molecule has 0 amide bonds. The molecule has 1 atom stereocenters. The Labute approximate surface area is 51.7 Å². The van der Waals surface area contributed by atoms with Gasteiger partial charge in [-0.05, 0) is 34.0 Å². The maximum atomic E-state index is 5.30. The van der Waals surface area contributed by atoms with E-state index in [2.05, 4.69) is 11.8 Å². The second-order valence-corrected chi connectivity index (χ2v) is 2.19. The third kappa shape index (κ3) is 2.99. The smallest absolute Gasteiger partial charge is 0.0102 e. The SMILES string of the molecule is [CH2]C(CCN)N(C)C. The molecule has 0 aromatic carbocycles. The van der Waals surface area contributed by atoms with Crippen molar-refractivity contribution in [2.75, 3.05) is 20.6 Å². The zero-order chi connectivity index (χ0) is 6.57. The molecule has 0 heterocycles. The van der Waals surface area contributed by atoms with Crippen molar-refractivity contribution in [3.05, 3.63) is 6.92 Å². The lowest BCUT2D eigenvalue weighted by atomic mass is 10.2. The van der Waals surface area contributed by atoms with E-state index in [4.69, 9.17) is 5.73 Å². The largest absolute Gasteiger partial charge is 0.330 e. The highest BCUT2D eigenvalue weighted by atomic mass is 15.1. The molecule has 0 aliphatic carbocycles. The molecule has 49 valence electrons. The average Bonchev–Trinajstić information content (AvgIpc) is 1.67. The highest BCUT2D eigenvalue weighted by Gasteiger charge is 2.00. The first kappa shape index (κ1) is 7.92. The lowest BCUT2D eigenvalue weighted by molar-refractivity contribution is 0.328. The van der Waals surface area contributed by atoms with E-state index >= 15 is 0 Å². The minimum Gasteiger partial charge on any atom is -0.330 e. The van der Waals surface area contributed by atoms with E-state index in [1.165, 1.54) is 0 Å². The van der Waals surface area contributed by atoms with Gasteiger partial charge in [-0.1, -0.05) is 0 Å². The first-order valence-electron chi connectivity index (χ1n) is 2.88. The zero-order valence-electron chi connectivity index (χ0n) is 5.72. The van der Waals surface area contributed by atoms with Gasteiger partial charge in [0.15, 0.2) is 0 Å². The summed E-state index contributed by atoms with van der Waals surface area (Å²) in [5.41, 5.74) is 5.30. The first-order chi connectivity index (χ1) is 3.68. The summed E-state index contributed by atoms with van der Waals surface area (Å²) in [7, 11) is 4.01. The Kier molecular flexibility index (Phi) is 3.83. The molecule has 0 bridgehead atoms. The van der Waals surface area contributed by atoms with Crippen LogP contribution in [0.1, 0.15) is 6.42 Å². The molecule has 1 unspecified atom stereocenters. The predicted molar refractivity (Wildman–Crippen MR) is 36.5 cm³/mol. The van der Waals surface area contributed by atoms with Crippen LogP contribution in [0.25, 0.3) is 0 Å². The molecular formula is C6H15N2. The molecule has 0 saturated heterocycles. The first-order valence-corrected chi connectivity index (χ1v) is 2.88. The summed E-state index contributed by atoms with van der Waals surface area (Å²) in [4.78, 5) is 2.06. The van der Waals surface area contributed by atoms with Gasteiger partial charge in [0.2, 0.25) is 0 Å². The van der Waals surface area contributed by atoms with Gasteiger partial charge in [0.05, 0.1) is 0 Å². The number of hydrogen-bond donors (Lipinski definition) is 1. The van der Waals surface area contributed by atoms with Crippen LogP contribution in [0.2, 0.25) is 0 Å². The second-order valence-electron chi connectivity index (χ2n) is 2.19. The van der Waals surface area contributed by atoms with Crippen LogP contribution in [0.5, 0.6) is 0 Å². The molecule has 0 aliphatic rings. The van der Waals surface area contributed by atoms with Crippen molar-refractivity contribution >= 4 is 0 Å². The van der Waals surface area contributed by atoms with Gasteiger partial charge < -0.3 is 10.6 Å². The predicted octanol–water partition coefficient (Wildman–Crippen LogP) is 0.0995. The van der Waals surface area contributed by atoms with E-state index in [-0.39, 0.29) is 0 Å². The molecule has 1 radical (unpaired) electrons. The number of nitrogens with two attached hydrogens (primary N) is 1. The van der Waals surface area contributed by atoms with Crippen LogP contribution in [0.4, 0.5) is 0 Å². The third-order valence-electron chi connectivity index (χ3n) is 1.23. The van der Waals surface area contributed by atoms with Crippen LogP contribution in [-0.4, -0.2) is 31.6 Å². The Balaban J connectivity index is 3.17. The Morgan fingerprint density at radius 3 is 2.25 bits per heavy atom. The lowest BCUT2D eigenvalue weighted by Gasteiger charge is -2.17. The number of hydrogen-bond acceptors (Lipinski definition) is 2. The molecule has 2 heteroatoms. The molecule has 8 heavy (non-hydrogen) atoms. The van der Waals surface area contributed by atoms with Crippen LogP contribution in [0.3, 0.4) is 0 Å².